The number of aromatic nitrogens is 2. The van der Waals surface area contributed by atoms with E-state index in [4.69, 9.17) is 0 Å². The van der Waals surface area contributed by atoms with Gasteiger partial charge in [0.1, 0.15) is 17.5 Å². The Morgan fingerprint density at radius 3 is 2.79 bits per heavy atom. The molecule has 1 aromatic heterocycles. The van der Waals surface area contributed by atoms with Crippen molar-refractivity contribution >= 4 is 21.5 Å². The Morgan fingerprint density at radius 2 is 2.11 bits per heavy atom. The van der Waals surface area contributed by atoms with Crippen LogP contribution in [0.5, 0.6) is 0 Å². The van der Waals surface area contributed by atoms with Crippen molar-refractivity contribution in [3.8, 4) is 0 Å². The van der Waals surface area contributed by atoms with Gasteiger partial charge in [-0.25, -0.2) is 18.4 Å². The Bertz CT molecular complexity index is 522. The van der Waals surface area contributed by atoms with Gasteiger partial charge < -0.3 is 10.2 Å². The van der Waals surface area contributed by atoms with E-state index in [9.17, 15) is 8.42 Å². The molecular weight excluding hydrogens is 264 g/mol. The number of nitrogens with one attached hydrogen (secondary N) is 1. The fourth-order valence-electron chi connectivity index (χ4n) is 2.10. The molecule has 0 bridgehead atoms. The molecular formula is C12H20N4O2S. The molecule has 1 fully saturated rings. The first-order chi connectivity index (χ1) is 9.04. The highest BCUT2D eigenvalue weighted by Gasteiger charge is 2.20. The second-order valence-electron chi connectivity index (χ2n) is 4.62. The minimum atomic E-state index is -2.89. The van der Waals surface area contributed by atoms with Crippen molar-refractivity contribution in [3.05, 3.63) is 11.9 Å². The number of nitrogens with zero attached hydrogens (tertiary/aromatic N) is 3. The van der Waals surface area contributed by atoms with Crippen LogP contribution in [0.25, 0.3) is 0 Å². The van der Waals surface area contributed by atoms with Gasteiger partial charge >= 0.3 is 0 Å². The molecule has 2 heterocycles. The molecule has 1 saturated heterocycles. The fraction of sp³-hybridized carbons (Fsp3) is 0.667. The van der Waals surface area contributed by atoms with Crippen LogP contribution < -0.4 is 10.2 Å². The van der Waals surface area contributed by atoms with Crippen molar-refractivity contribution in [1.29, 1.82) is 0 Å². The van der Waals surface area contributed by atoms with Crippen LogP contribution in [0.1, 0.15) is 19.2 Å². The van der Waals surface area contributed by atoms with Gasteiger partial charge in [-0.3, -0.25) is 0 Å². The van der Waals surface area contributed by atoms with Gasteiger partial charge in [0.15, 0.2) is 9.84 Å². The molecule has 6 nitrogen and oxygen atoms in total. The smallest absolute Gasteiger partial charge is 0.152 e. The summed E-state index contributed by atoms with van der Waals surface area (Å²) in [5.41, 5.74) is 0. The minimum Gasteiger partial charge on any atom is -0.373 e. The third-order valence-electron chi connectivity index (χ3n) is 3.21. The molecule has 1 aliphatic heterocycles. The summed E-state index contributed by atoms with van der Waals surface area (Å²) in [6.07, 6.45) is 1.41. The van der Waals surface area contributed by atoms with E-state index in [1.165, 1.54) is 0 Å². The summed E-state index contributed by atoms with van der Waals surface area (Å²) >= 11 is 0. The van der Waals surface area contributed by atoms with E-state index < -0.39 is 9.84 Å². The van der Waals surface area contributed by atoms with Crippen LogP contribution in [-0.2, 0) is 16.3 Å². The van der Waals surface area contributed by atoms with E-state index in [-0.39, 0.29) is 11.5 Å². The molecule has 1 aromatic rings. The summed E-state index contributed by atoms with van der Waals surface area (Å²) in [6, 6.07) is 1.87. The summed E-state index contributed by atoms with van der Waals surface area (Å²) in [5.74, 6) is 2.83. The maximum atomic E-state index is 11.6. The molecule has 106 valence electrons. The normalized spacial score (nSPS) is 18.9. The van der Waals surface area contributed by atoms with Crippen LogP contribution in [0.15, 0.2) is 6.07 Å². The average molecular weight is 284 g/mol. The lowest BCUT2D eigenvalue weighted by Gasteiger charge is -2.21. The molecule has 2 rings (SSSR count). The Kier molecular flexibility index (Phi) is 4.24. The van der Waals surface area contributed by atoms with Crippen LogP contribution in [-0.4, -0.2) is 50.0 Å². The molecule has 19 heavy (non-hydrogen) atoms. The fourth-order valence-corrected chi connectivity index (χ4v) is 3.37. The van der Waals surface area contributed by atoms with E-state index in [1.807, 2.05) is 24.9 Å². The summed E-state index contributed by atoms with van der Waals surface area (Å²) in [7, 11) is -1.07. The molecule has 0 aromatic carbocycles. The second-order valence-corrected chi connectivity index (χ2v) is 6.93. The van der Waals surface area contributed by atoms with Crippen LogP contribution in [0.4, 0.5) is 11.6 Å². The molecule has 0 amide bonds. The topological polar surface area (TPSA) is 75.2 Å². The van der Waals surface area contributed by atoms with Crippen LogP contribution in [0.2, 0.25) is 0 Å². The lowest BCUT2D eigenvalue weighted by molar-refractivity contribution is 0.597. The highest BCUT2D eigenvalue weighted by atomic mass is 32.2. The van der Waals surface area contributed by atoms with Gasteiger partial charge in [-0.05, 0) is 6.42 Å². The Hall–Kier alpha value is -1.37. The quantitative estimate of drug-likeness (QED) is 0.881. The number of sulfone groups is 1. The van der Waals surface area contributed by atoms with Gasteiger partial charge in [0.25, 0.3) is 0 Å². The van der Waals surface area contributed by atoms with E-state index in [0.717, 1.165) is 30.4 Å². The zero-order valence-electron chi connectivity index (χ0n) is 11.4. The Morgan fingerprint density at radius 1 is 1.32 bits per heavy atom. The molecule has 7 heteroatoms. The van der Waals surface area contributed by atoms with Gasteiger partial charge in [0, 0.05) is 32.6 Å². The molecule has 0 radical (unpaired) electrons. The summed E-state index contributed by atoms with van der Waals surface area (Å²) in [5, 5.41) is 3.02. The lowest BCUT2D eigenvalue weighted by Crippen LogP contribution is -2.28. The van der Waals surface area contributed by atoms with Crippen LogP contribution in [0, 0.1) is 0 Å². The van der Waals surface area contributed by atoms with Crippen molar-refractivity contribution in [2.75, 3.05) is 41.9 Å². The molecule has 0 unspecified atom stereocenters. The van der Waals surface area contributed by atoms with Crippen molar-refractivity contribution < 1.29 is 8.42 Å². The van der Waals surface area contributed by atoms with Crippen molar-refractivity contribution in [1.82, 2.24) is 9.97 Å². The van der Waals surface area contributed by atoms with Gasteiger partial charge in [0.05, 0.1) is 11.5 Å². The molecule has 0 spiro atoms. The van der Waals surface area contributed by atoms with Crippen LogP contribution in [0.3, 0.4) is 0 Å². The predicted molar refractivity (Wildman–Crippen MR) is 76.4 cm³/mol. The van der Waals surface area contributed by atoms with Gasteiger partial charge in [0.2, 0.25) is 0 Å². The second kappa shape index (κ2) is 5.73. The molecule has 0 saturated carbocycles. The number of hydrogen-bond acceptors (Lipinski definition) is 6. The third-order valence-corrected chi connectivity index (χ3v) is 4.93. The Balaban J connectivity index is 2.25. The molecule has 0 aliphatic carbocycles. The zero-order chi connectivity index (χ0) is 13.9. The number of anilines is 2. The molecule has 0 atom stereocenters. The van der Waals surface area contributed by atoms with Crippen molar-refractivity contribution in [2.24, 2.45) is 0 Å². The number of rotatable bonds is 3. The summed E-state index contributed by atoms with van der Waals surface area (Å²) < 4.78 is 23.2. The van der Waals surface area contributed by atoms with E-state index in [2.05, 4.69) is 15.3 Å². The largest absolute Gasteiger partial charge is 0.373 e. The first-order valence-corrected chi connectivity index (χ1v) is 8.37. The molecule has 1 N–H and O–H groups in total. The maximum absolute atomic E-state index is 11.6. The predicted octanol–water partition coefficient (Wildman–Crippen LogP) is 0.706. The standard InChI is InChI=1S/C12H20N4O2S/c1-3-10-14-11(13-2)9-12(15-10)16-5-4-7-19(17,18)8-6-16/h9H,3-8H2,1-2H3,(H,13,14,15). The SMILES string of the molecule is CCc1nc(NC)cc(N2CCCS(=O)(=O)CC2)n1. The number of hydrogen-bond donors (Lipinski definition) is 1. The minimum absolute atomic E-state index is 0.202. The van der Waals surface area contributed by atoms with Gasteiger partial charge in [-0.1, -0.05) is 6.92 Å². The Labute approximate surface area is 114 Å². The van der Waals surface area contributed by atoms with E-state index >= 15 is 0 Å². The van der Waals surface area contributed by atoms with Gasteiger partial charge in [-0.2, -0.15) is 0 Å². The molecule has 1 aliphatic rings. The van der Waals surface area contributed by atoms with Gasteiger partial charge in [-0.15, -0.1) is 0 Å². The van der Waals surface area contributed by atoms with Crippen LogP contribution >= 0.6 is 0 Å². The first-order valence-electron chi connectivity index (χ1n) is 6.55. The third kappa shape index (κ3) is 3.56. The van der Waals surface area contributed by atoms with E-state index in [1.54, 1.807) is 0 Å². The lowest BCUT2D eigenvalue weighted by atomic mass is 10.3. The number of aryl methyl sites for hydroxylation is 1. The van der Waals surface area contributed by atoms with E-state index in [0.29, 0.717) is 13.0 Å². The first kappa shape index (κ1) is 14.0. The maximum Gasteiger partial charge on any atom is 0.152 e. The zero-order valence-corrected chi connectivity index (χ0v) is 12.2. The highest BCUT2D eigenvalue weighted by molar-refractivity contribution is 7.91. The average Bonchev–Trinajstić information content (AvgIpc) is 2.59. The van der Waals surface area contributed by atoms with Crippen molar-refractivity contribution in [3.63, 3.8) is 0 Å². The highest BCUT2D eigenvalue weighted by Crippen LogP contribution is 2.18. The van der Waals surface area contributed by atoms with Crippen molar-refractivity contribution in [2.45, 2.75) is 19.8 Å². The summed E-state index contributed by atoms with van der Waals surface area (Å²) in [4.78, 5) is 10.9. The monoisotopic (exact) mass is 284 g/mol. The summed E-state index contributed by atoms with van der Waals surface area (Å²) in [6.45, 7) is 3.24.